The Morgan fingerprint density at radius 2 is 1.58 bits per heavy atom. The molecular weight excluding hydrogens is 593 g/mol. The first-order valence-electron chi connectivity index (χ1n) is 14.6. The molecule has 12 heteroatoms. The van der Waals surface area contributed by atoms with Gasteiger partial charge >= 0.3 is 13.1 Å². The number of aromatic amines is 1. The molecule has 0 amide bonds. The van der Waals surface area contributed by atoms with Crippen LogP contribution in [0.15, 0.2) is 54.9 Å². The summed E-state index contributed by atoms with van der Waals surface area (Å²) in [5, 5.41) is 10.7. The minimum Gasteiger partial charge on any atom is -0.481 e. The molecule has 0 saturated heterocycles. The maximum Gasteiger partial charge on any atom is 0.497 e. The number of esters is 1. The van der Waals surface area contributed by atoms with Crippen LogP contribution in [0.2, 0.25) is 0 Å². The Balaban J connectivity index is 0.000000309. The zero-order chi connectivity index (χ0) is 33.6. The molecule has 244 valence electrons. The lowest BCUT2D eigenvalue weighted by molar-refractivity contribution is 0.0521. The van der Waals surface area contributed by atoms with Gasteiger partial charge in [0, 0.05) is 50.2 Å². The molecule has 4 aromatic rings. The van der Waals surface area contributed by atoms with Gasteiger partial charge in [-0.05, 0) is 97.4 Å². The predicted octanol–water partition coefficient (Wildman–Crippen LogP) is 6.16. The number of pyridine rings is 2. The number of hydrogen-bond donors (Lipinski definition) is 2. The highest BCUT2D eigenvalue weighted by Gasteiger charge is 2.31. The topological polar surface area (TPSA) is 125 Å². The van der Waals surface area contributed by atoms with Crippen molar-refractivity contribution >= 4 is 39.8 Å². The van der Waals surface area contributed by atoms with Crippen LogP contribution < -0.4 is 19.1 Å². The van der Waals surface area contributed by atoms with Gasteiger partial charge in [0.25, 0.3) is 0 Å². The monoisotopic (exact) mass is 639 g/mol. The van der Waals surface area contributed by atoms with Gasteiger partial charge in [-0.15, -0.1) is 0 Å². The van der Waals surface area contributed by atoms with Crippen molar-refractivity contribution in [1.82, 2.24) is 15.0 Å². The third-order valence-electron chi connectivity index (χ3n) is 6.99. The molecule has 1 aromatic carbocycles. The average Bonchev–Trinajstić information content (AvgIpc) is 3.34. The highest BCUT2D eigenvalue weighted by atomic mass is 32.3. The summed E-state index contributed by atoms with van der Waals surface area (Å²) >= 11 is 0. The van der Waals surface area contributed by atoms with Crippen molar-refractivity contribution in [3.05, 3.63) is 60.6 Å². The minimum absolute atomic E-state index is 0.0194. The summed E-state index contributed by atoms with van der Waals surface area (Å²) in [7, 11) is 0.687. The molecule has 10 nitrogen and oxygen atoms in total. The maximum absolute atomic E-state index is 12.7. The molecule has 0 fully saturated rings. The van der Waals surface area contributed by atoms with Crippen LogP contribution in [0, 0.1) is 0 Å². The van der Waals surface area contributed by atoms with Crippen LogP contribution in [0.25, 0.3) is 22.0 Å². The number of rotatable bonds is 9. The molecule has 3 heterocycles. The Bertz CT molecular complexity index is 1600. The fraction of sp³-hybridized carbons (Fsp3) is 0.424. The predicted molar refractivity (Wildman–Crippen MR) is 183 cm³/mol. The molecule has 0 unspecified atom stereocenters. The first-order chi connectivity index (χ1) is 21.0. The van der Waals surface area contributed by atoms with Crippen molar-refractivity contribution in [1.29, 1.82) is 0 Å². The number of carbonyl (C=O) groups excluding carboxylic acids is 1. The molecule has 2 N–H and O–H groups in total. The number of nitrogens with one attached hydrogen (secondary N) is 1. The van der Waals surface area contributed by atoms with Crippen molar-refractivity contribution in [2.75, 3.05) is 33.3 Å². The third-order valence-corrected chi connectivity index (χ3v) is 10.5. The van der Waals surface area contributed by atoms with Gasteiger partial charge < -0.3 is 33.1 Å². The summed E-state index contributed by atoms with van der Waals surface area (Å²) in [5.41, 5.74) is 2.72. The molecule has 0 atom stereocenters. The molecular formula is C33H46BN3O7S. The van der Waals surface area contributed by atoms with Gasteiger partial charge in [0.05, 0.1) is 20.8 Å². The first-order valence-corrected chi connectivity index (χ1v) is 17.0. The molecule has 3 aromatic heterocycles. The van der Waals surface area contributed by atoms with E-state index in [0.717, 1.165) is 16.7 Å². The van der Waals surface area contributed by atoms with Gasteiger partial charge in [0.2, 0.25) is 11.8 Å². The van der Waals surface area contributed by atoms with Crippen LogP contribution in [0.5, 0.6) is 17.5 Å². The van der Waals surface area contributed by atoms with Gasteiger partial charge in [-0.2, -0.15) is 0 Å². The van der Waals surface area contributed by atoms with Gasteiger partial charge in [-0.1, -0.05) is 16.4 Å². The lowest BCUT2D eigenvalue weighted by Crippen LogP contribution is -2.41. The van der Waals surface area contributed by atoms with E-state index < -0.39 is 29.0 Å². The molecule has 0 aliphatic rings. The van der Waals surface area contributed by atoms with Crippen molar-refractivity contribution in [2.24, 2.45) is 0 Å². The van der Waals surface area contributed by atoms with Crippen LogP contribution >= 0.6 is 10.3 Å². The standard InChI is InChI=1S/C23H30N2O4S.C10H16BNO3/c1-8-28-22(26)20-19(16-10-9-13-24-21(16)27-5)17-14-15(11-12-18(17)25-20)29-30(6,7)23(2,3)4;1-10(2,3)15-11(13)8-6-5-7-12-9(8)14-4/h9-14,25H,8H2,1-7H3;5-7,13H,1-4H3. The zero-order valence-electron chi connectivity index (χ0n) is 28.2. The smallest absolute Gasteiger partial charge is 0.481 e. The van der Waals surface area contributed by atoms with Crippen LogP contribution in [0.3, 0.4) is 0 Å². The normalized spacial score (nSPS) is 12.2. The summed E-state index contributed by atoms with van der Waals surface area (Å²) in [5.74, 6) is 1.17. The summed E-state index contributed by atoms with van der Waals surface area (Å²) < 4.78 is 27.7. The van der Waals surface area contributed by atoms with Gasteiger partial charge in [-0.3, -0.25) is 0 Å². The minimum atomic E-state index is -1.37. The fourth-order valence-corrected chi connectivity index (χ4v) is 4.96. The van der Waals surface area contributed by atoms with Crippen molar-refractivity contribution < 1.29 is 32.9 Å². The summed E-state index contributed by atoms with van der Waals surface area (Å²) in [6.07, 6.45) is 7.57. The highest BCUT2D eigenvalue weighted by Crippen LogP contribution is 2.54. The molecule has 0 saturated carbocycles. The second-order valence-corrected chi connectivity index (χ2v) is 16.3. The third kappa shape index (κ3) is 8.93. The summed E-state index contributed by atoms with van der Waals surface area (Å²) in [6, 6.07) is 13.0. The average molecular weight is 640 g/mol. The van der Waals surface area contributed by atoms with E-state index in [1.165, 1.54) is 7.11 Å². The number of ether oxygens (including phenoxy) is 3. The zero-order valence-corrected chi connectivity index (χ0v) is 29.0. The summed E-state index contributed by atoms with van der Waals surface area (Å²) in [4.78, 5) is 24.2. The number of aromatic nitrogens is 3. The van der Waals surface area contributed by atoms with Crippen molar-refractivity contribution in [3.8, 4) is 28.6 Å². The maximum atomic E-state index is 12.7. The highest BCUT2D eigenvalue weighted by molar-refractivity contribution is 8.30. The number of benzene rings is 1. The molecule has 45 heavy (non-hydrogen) atoms. The van der Waals surface area contributed by atoms with Crippen molar-refractivity contribution in [2.45, 2.75) is 58.8 Å². The lowest BCUT2D eigenvalue weighted by Gasteiger charge is -2.43. The Morgan fingerprint density at radius 3 is 2.16 bits per heavy atom. The second kappa shape index (κ2) is 14.6. The van der Waals surface area contributed by atoms with E-state index >= 15 is 0 Å². The van der Waals surface area contributed by atoms with E-state index in [1.54, 1.807) is 38.6 Å². The van der Waals surface area contributed by atoms with E-state index in [4.69, 9.17) is 23.0 Å². The first kappa shape index (κ1) is 35.7. The molecule has 0 aliphatic heterocycles. The lowest BCUT2D eigenvalue weighted by atomic mass is 9.79. The number of methoxy groups -OCH3 is 2. The second-order valence-electron chi connectivity index (χ2n) is 12.5. The Morgan fingerprint density at radius 1 is 0.956 bits per heavy atom. The van der Waals surface area contributed by atoms with Crippen LogP contribution in [0.4, 0.5) is 0 Å². The Hall–Kier alpha value is -3.74. The quantitative estimate of drug-likeness (QED) is 0.164. The van der Waals surface area contributed by atoms with Crippen LogP contribution in [-0.2, 0) is 9.39 Å². The number of carbonyl (C=O) groups is 1. The van der Waals surface area contributed by atoms with E-state index in [0.29, 0.717) is 34.0 Å². The largest absolute Gasteiger partial charge is 0.497 e. The van der Waals surface area contributed by atoms with Crippen LogP contribution in [-0.4, -0.2) is 76.7 Å². The van der Waals surface area contributed by atoms with E-state index in [1.807, 2.05) is 51.1 Å². The molecule has 0 bridgehead atoms. The van der Waals surface area contributed by atoms with Crippen LogP contribution in [0.1, 0.15) is 59.0 Å². The number of fused-ring (bicyclic) bond motifs is 1. The number of nitrogens with zero attached hydrogens (tertiary/aromatic N) is 2. The van der Waals surface area contributed by atoms with Gasteiger partial charge in [0.1, 0.15) is 11.4 Å². The Kier molecular flexibility index (Phi) is 11.6. The van der Waals surface area contributed by atoms with Gasteiger partial charge in [-0.25, -0.2) is 14.8 Å². The molecule has 0 aliphatic carbocycles. The van der Waals surface area contributed by atoms with Gasteiger partial charge in [0.15, 0.2) is 0 Å². The van der Waals surface area contributed by atoms with E-state index in [-0.39, 0.29) is 11.4 Å². The van der Waals surface area contributed by atoms with E-state index in [2.05, 4.69) is 48.2 Å². The SMILES string of the molecule is CCOC(=O)c1[nH]c2ccc(OS(C)(C)C(C)(C)C)cc2c1-c1cccnc1OC.COc1ncccc1B(O)OC(C)(C)C. The Labute approximate surface area is 268 Å². The van der Waals surface area contributed by atoms with Crippen molar-refractivity contribution in [3.63, 3.8) is 0 Å². The molecule has 0 radical (unpaired) electrons. The number of H-pyrrole nitrogens is 1. The van der Waals surface area contributed by atoms with E-state index in [9.17, 15) is 9.82 Å². The summed E-state index contributed by atoms with van der Waals surface area (Å²) in [6.45, 7) is 14.2. The number of hydrogen-bond acceptors (Lipinski definition) is 9. The molecule has 4 rings (SSSR count). The molecule has 0 spiro atoms. The fourth-order valence-electron chi connectivity index (χ4n) is 4.13.